The van der Waals surface area contributed by atoms with Crippen molar-refractivity contribution in [3.63, 3.8) is 0 Å². The van der Waals surface area contributed by atoms with Crippen LogP contribution in [-0.4, -0.2) is 41.3 Å². The Balaban J connectivity index is 1.42. The van der Waals surface area contributed by atoms with Crippen LogP contribution in [0.25, 0.3) is 11.1 Å². The highest BCUT2D eigenvalue weighted by molar-refractivity contribution is 5.87. The summed E-state index contributed by atoms with van der Waals surface area (Å²) in [6, 6.07) is 15.2. The normalized spacial score (nSPS) is 16.3. The van der Waals surface area contributed by atoms with Crippen molar-refractivity contribution >= 4 is 18.0 Å². The number of fused-ring (bicyclic) bond motifs is 3. The van der Waals surface area contributed by atoms with Gasteiger partial charge in [-0.05, 0) is 42.0 Å². The molecule has 0 aliphatic heterocycles. The number of hydrogen-bond acceptors (Lipinski definition) is 4. The minimum absolute atomic E-state index is 0.0896. The van der Waals surface area contributed by atoms with Gasteiger partial charge in [0.25, 0.3) is 0 Å². The molecule has 0 heterocycles. The molecule has 1 unspecified atom stereocenters. The standard InChI is InChI=1S/C28H30N2O5/c1-2-3-14-24(26(33)30-28(17-25(31)32)15-8-9-16-28)29-27(34)35-18-23-21-12-6-4-10-19(21)20-11-5-7-13-22(20)23/h4-7,10-13,23-24H,8-9,14-18H2,1H3,(H,29,34)(H,30,33)(H,31,32). The van der Waals surface area contributed by atoms with Gasteiger partial charge in [-0.15, -0.1) is 11.8 Å². The number of benzene rings is 2. The number of carbonyl (C=O) groups excluding carboxylic acids is 2. The van der Waals surface area contributed by atoms with E-state index in [1.165, 1.54) is 0 Å². The summed E-state index contributed by atoms with van der Waals surface area (Å²) in [6.45, 7) is 1.79. The summed E-state index contributed by atoms with van der Waals surface area (Å²) in [4.78, 5) is 37.2. The van der Waals surface area contributed by atoms with E-state index < -0.39 is 29.6 Å². The maximum Gasteiger partial charge on any atom is 0.407 e. The van der Waals surface area contributed by atoms with E-state index in [9.17, 15) is 19.5 Å². The SMILES string of the molecule is CC#CCC(NC(=O)OCC1c2ccccc2-c2ccccc21)C(=O)NC1(CC(=O)O)CCCC1. The van der Waals surface area contributed by atoms with Crippen molar-refractivity contribution in [1.29, 1.82) is 0 Å². The fourth-order valence-electron chi connectivity index (χ4n) is 5.23. The summed E-state index contributed by atoms with van der Waals surface area (Å²) in [5.74, 6) is 4.10. The summed E-state index contributed by atoms with van der Waals surface area (Å²) in [5, 5.41) is 14.9. The maximum absolute atomic E-state index is 13.1. The van der Waals surface area contributed by atoms with Gasteiger partial charge in [0, 0.05) is 12.3 Å². The fraction of sp³-hybridized carbons (Fsp3) is 0.393. The molecular formula is C28H30N2O5. The molecule has 2 aliphatic carbocycles. The molecule has 1 fully saturated rings. The molecule has 2 aromatic rings. The molecule has 7 nitrogen and oxygen atoms in total. The number of rotatable bonds is 8. The van der Waals surface area contributed by atoms with Crippen molar-refractivity contribution < 1.29 is 24.2 Å². The summed E-state index contributed by atoms with van der Waals surface area (Å²) in [7, 11) is 0. The first-order valence-electron chi connectivity index (χ1n) is 12.0. The Morgan fingerprint density at radius 1 is 1.06 bits per heavy atom. The van der Waals surface area contributed by atoms with Crippen molar-refractivity contribution in [2.45, 2.75) is 62.9 Å². The molecule has 1 saturated carbocycles. The largest absolute Gasteiger partial charge is 0.481 e. The second kappa shape index (κ2) is 10.6. The Morgan fingerprint density at radius 2 is 1.66 bits per heavy atom. The van der Waals surface area contributed by atoms with Crippen LogP contribution >= 0.6 is 0 Å². The van der Waals surface area contributed by atoms with E-state index in [-0.39, 0.29) is 25.4 Å². The Kier molecular flexibility index (Phi) is 7.40. The van der Waals surface area contributed by atoms with E-state index in [0.29, 0.717) is 12.8 Å². The number of ether oxygens (including phenoxy) is 1. The second-order valence-corrected chi connectivity index (χ2v) is 9.20. The van der Waals surface area contributed by atoms with Crippen LogP contribution in [0.2, 0.25) is 0 Å². The van der Waals surface area contributed by atoms with Crippen molar-refractivity contribution in [3.8, 4) is 23.0 Å². The van der Waals surface area contributed by atoms with Crippen molar-refractivity contribution in [1.82, 2.24) is 10.6 Å². The van der Waals surface area contributed by atoms with Crippen LogP contribution < -0.4 is 10.6 Å². The zero-order valence-electron chi connectivity index (χ0n) is 19.8. The number of hydrogen-bond donors (Lipinski definition) is 3. The Labute approximate surface area is 205 Å². The van der Waals surface area contributed by atoms with Gasteiger partial charge in [0.15, 0.2) is 0 Å². The number of carboxylic acids is 1. The highest BCUT2D eigenvalue weighted by Crippen LogP contribution is 2.44. The van der Waals surface area contributed by atoms with E-state index in [1.807, 2.05) is 36.4 Å². The predicted octanol–water partition coefficient (Wildman–Crippen LogP) is 4.21. The van der Waals surface area contributed by atoms with Crippen molar-refractivity contribution in [3.05, 3.63) is 59.7 Å². The highest BCUT2D eigenvalue weighted by atomic mass is 16.5. The van der Waals surface area contributed by atoms with Crippen LogP contribution in [-0.2, 0) is 14.3 Å². The first kappa shape index (κ1) is 24.3. The molecule has 1 atom stereocenters. The summed E-state index contributed by atoms with van der Waals surface area (Å²) < 4.78 is 5.59. The van der Waals surface area contributed by atoms with Crippen molar-refractivity contribution in [2.75, 3.05) is 6.61 Å². The van der Waals surface area contributed by atoms with Gasteiger partial charge in [-0.25, -0.2) is 4.79 Å². The lowest BCUT2D eigenvalue weighted by Crippen LogP contribution is -2.55. The molecule has 0 radical (unpaired) electrons. The first-order valence-corrected chi connectivity index (χ1v) is 12.0. The van der Waals surface area contributed by atoms with Gasteiger partial charge < -0.3 is 20.5 Å². The lowest BCUT2D eigenvalue weighted by atomic mass is 9.92. The van der Waals surface area contributed by atoms with Crippen LogP contribution in [0.4, 0.5) is 4.79 Å². The molecule has 7 heteroatoms. The molecule has 0 bridgehead atoms. The zero-order chi connectivity index (χ0) is 24.8. The third-order valence-corrected chi connectivity index (χ3v) is 6.87. The van der Waals surface area contributed by atoms with Crippen molar-refractivity contribution in [2.24, 2.45) is 0 Å². The average Bonchev–Trinajstić information content (AvgIpc) is 3.42. The smallest absolute Gasteiger partial charge is 0.407 e. The fourth-order valence-corrected chi connectivity index (χ4v) is 5.23. The van der Waals surface area contributed by atoms with E-state index in [0.717, 1.165) is 35.1 Å². The average molecular weight is 475 g/mol. The quantitative estimate of drug-likeness (QED) is 0.497. The number of carbonyl (C=O) groups is 3. The minimum atomic E-state index is -0.957. The summed E-state index contributed by atoms with van der Waals surface area (Å²) >= 11 is 0. The van der Waals surface area contributed by atoms with Gasteiger partial charge in [0.1, 0.15) is 12.6 Å². The molecule has 2 aliphatic rings. The molecule has 3 N–H and O–H groups in total. The van der Waals surface area contributed by atoms with E-state index in [1.54, 1.807) is 6.92 Å². The zero-order valence-corrected chi connectivity index (χ0v) is 19.8. The summed E-state index contributed by atoms with van der Waals surface area (Å²) in [5.41, 5.74) is 3.68. The molecule has 2 amide bonds. The number of amides is 2. The van der Waals surface area contributed by atoms with Crippen LogP contribution in [0, 0.1) is 11.8 Å². The van der Waals surface area contributed by atoms with Crippen LogP contribution in [0.15, 0.2) is 48.5 Å². The Hall–Kier alpha value is -3.79. The highest BCUT2D eigenvalue weighted by Gasteiger charge is 2.39. The molecule has 2 aromatic carbocycles. The van der Waals surface area contributed by atoms with Gasteiger partial charge in [-0.1, -0.05) is 61.4 Å². The number of nitrogens with one attached hydrogen (secondary N) is 2. The molecule has 0 aromatic heterocycles. The monoisotopic (exact) mass is 474 g/mol. The molecule has 0 saturated heterocycles. The van der Waals surface area contributed by atoms with Crippen LogP contribution in [0.5, 0.6) is 0 Å². The van der Waals surface area contributed by atoms with Gasteiger partial charge in [-0.3, -0.25) is 9.59 Å². The lowest BCUT2D eigenvalue weighted by Gasteiger charge is -2.30. The van der Waals surface area contributed by atoms with E-state index in [4.69, 9.17) is 4.74 Å². The number of carboxylic acid groups (broad SMARTS) is 1. The molecule has 35 heavy (non-hydrogen) atoms. The predicted molar refractivity (Wildman–Crippen MR) is 132 cm³/mol. The first-order chi connectivity index (χ1) is 16.9. The Bertz CT molecular complexity index is 1130. The second-order valence-electron chi connectivity index (χ2n) is 9.20. The third-order valence-electron chi connectivity index (χ3n) is 6.87. The molecular weight excluding hydrogens is 444 g/mol. The van der Waals surface area contributed by atoms with E-state index in [2.05, 4.69) is 34.6 Å². The number of aliphatic carboxylic acids is 1. The van der Waals surface area contributed by atoms with Crippen LogP contribution in [0.3, 0.4) is 0 Å². The minimum Gasteiger partial charge on any atom is -0.481 e. The molecule has 0 spiro atoms. The van der Waals surface area contributed by atoms with Gasteiger partial charge in [0.2, 0.25) is 5.91 Å². The summed E-state index contributed by atoms with van der Waals surface area (Å²) in [6.07, 6.45) is 2.17. The topological polar surface area (TPSA) is 105 Å². The molecule has 182 valence electrons. The van der Waals surface area contributed by atoms with Gasteiger partial charge >= 0.3 is 12.1 Å². The third kappa shape index (κ3) is 5.48. The maximum atomic E-state index is 13.1. The van der Waals surface area contributed by atoms with Gasteiger partial charge in [0.05, 0.1) is 12.0 Å². The van der Waals surface area contributed by atoms with E-state index >= 15 is 0 Å². The van der Waals surface area contributed by atoms with Crippen LogP contribution in [0.1, 0.15) is 62.5 Å². The lowest BCUT2D eigenvalue weighted by molar-refractivity contribution is -0.139. The van der Waals surface area contributed by atoms with Gasteiger partial charge in [-0.2, -0.15) is 0 Å². The number of alkyl carbamates (subject to hydrolysis) is 1. The Morgan fingerprint density at radius 3 is 2.23 bits per heavy atom. The molecule has 4 rings (SSSR count).